The van der Waals surface area contributed by atoms with Gasteiger partial charge in [-0.05, 0) is 36.4 Å². The Kier molecular flexibility index (Phi) is 5.25. The third-order valence-corrected chi connectivity index (χ3v) is 4.69. The van der Waals surface area contributed by atoms with Crippen molar-refractivity contribution in [3.8, 4) is 17.1 Å². The molecule has 1 aliphatic rings. The van der Waals surface area contributed by atoms with Crippen molar-refractivity contribution in [2.75, 3.05) is 12.0 Å². The zero-order chi connectivity index (χ0) is 22.8. The van der Waals surface area contributed by atoms with Crippen LogP contribution in [0.5, 0.6) is 5.75 Å². The van der Waals surface area contributed by atoms with Gasteiger partial charge in [-0.1, -0.05) is 18.2 Å². The van der Waals surface area contributed by atoms with Crippen molar-refractivity contribution in [1.29, 1.82) is 0 Å². The smallest absolute Gasteiger partial charge is 0.335 e. The predicted octanol–water partition coefficient (Wildman–Crippen LogP) is 3.53. The van der Waals surface area contributed by atoms with E-state index in [4.69, 9.17) is 9.15 Å². The molecule has 160 valence electrons. The largest absolute Gasteiger partial charge is 0.496 e. The fraction of sp³-hybridized carbons (Fsp3) is 0.0455. The third kappa shape index (κ3) is 3.72. The van der Waals surface area contributed by atoms with E-state index in [1.54, 1.807) is 36.4 Å². The minimum atomic E-state index is -0.849. The molecule has 0 bridgehead atoms. The molecular formula is C22H15N3O7. The van der Waals surface area contributed by atoms with Gasteiger partial charge in [0, 0.05) is 6.07 Å². The van der Waals surface area contributed by atoms with Crippen molar-refractivity contribution < 1.29 is 28.5 Å². The molecule has 10 nitrogen and oxygen atoms in total. The van der Waals surface area contributed by atoms with Crippen molar-refractivity contribution in [1.82, 2.24) is 5.32 Å². The van der Waals surface area contributed by atoms with Gasteiger partial charge in [0.15, 0.2) is 0 Å². The number of methoxy groups -OCH3 is 1. The van der Waals surface area contributed by atoms with Crippen LogP contribution in [0, 0.1) is 10.1 Å². The van der Waals surface area contributed by atoms with Crippen molar-refractivity contribution in [3.05, 3.63) is 82.1 Å². The molecule has 1 fully saturated rings. The monoisotopic (exact) mass is 433 g/mol. The summed E-state index contributed by atoms with van der Waals surface area (Å²) in [7, 11) is 1.37. The lowest BCUT2D eigenvalue weighted by Crippen LogP contribution is -2.54. The van der Waals surface area contributed by atoms with Crippen LogP contribution in [-0.2, 0) is 9.59 Å². The molecule has 32 heavy (non-hydrogen) atoms. The van der Waals surface area contributed by atoms with Gasteiger partial charge in [0.25, 0.3) is 17.5 Å². The fourth-order valence-corrected chi connectivity index (χ4v) is 3.18. The van der Waals surface area contributed by atoms with E-state index in [1.165, 1.54) is 37.5 Å². The van der Waals surface area contributed by atoms with Crippen molar-refractivity contribution >= 4 is 35.3 Å². The van der Waals surface area contributed by atoms with Crippen molar-refractivity contribution in [3.63, 3.8) is 0 Å². The Bertz CT molecular complexity index is 1280. The van der Waals surface area contributed by atoms with E-state index < -0.39 is 22.8 Å². The van der Waals surface area contributed by atoms with Crippen LogP contribution in [0.3, 0.4) is 0 Å². The number of urea groups is 1. The molecule has 1 N–H and O–H groups in total. The number of non-ortho nitro benzene ring substituents is 1. The highest BCUT2D eigenvalue weighted by Gasteiger charge is 2.37. The number of rotatable bonds is 5. The lowest BCUT2D eigenvalue weighted by molar-refractivity contribution is -0.384. The number of carbonyl (C=O) groups is 3. The Labute approximate surface area is 180 Å². The number of nitro groups is 1. The van der Waals surface area contributed by atoms with Crippen LogP contribution in [0.1, 0.15) is 5.76 Å². The molecule has 0 atom stereocenters. The van der Waals surface area contributed by atoms with Gasteiger partial charge in [-0.15, -0.1) is 0 Å². The van der Waals surface area contributed by atoms with E-state index in [9.17, 15) is 24.5 Å². The number of benzene rings is 2. The van der Waals surface area contributed by atoms with E-state index in [0.717, 1.165) is 4.90 Å². The number of nitrogens with zero attached hydrogens (tertiary/aromatic N) is 2. The van der Waals surface area contributed by atoms with Crippen LogP contribution in [0.25, 0.3) is 17.4 Å². The molecule has 1 aromatic heterocycles. The van der Waals surface area contributed by atoms with E-state index in [1.807, 2.05) is 0 Å². The zero-order valence-electron chi connectivity index (χ0n) is 16.6. The second-order valence-corrected chi connectivity index (χ2v) is 6.64. The number of hydrogen-bond acceptors (Lipinski definition) is 7. The van der Waals surface area contributed by atoms with Crippen LogP contribution in [0.2, 0.25) is 0 Å². The number of amides is 4. The summed E-state index contributed by atoms with van der Waals surface area (Å²) in [6, 6.07) is 14.5. The number of hydrogen-bond donors (Lipinski definition) is 1. The van der Waals surface area contributed by atoms with Crippen LogP contribution >= 0.6 is 0 Å². The lowest BCUT2D eigenvalue weighted by Gasteiger charge is -2.26. The first-order chi connectivity index (χ1) is 15.4. The number of carbonyl (C=O) groups excluding carboxylic acids is 3. The molecule has 0 aliphatic carbocycles. The molecule has 0 unspecified atom stereocenters. The minimum absolute atomic E-state index is 0.144. The van der Waals surface area contributed by atoms with E-state index >= 15 is 0 Å². The highest BCUT2D eigenvalue weighted by molar-refractivity contribution is 6.39. The maximum Gasteiger partial charge on any atom is 0.335 e. The number of anilines is 1. The summed E-state index contributed by atoms with van der Waals surface area (Å²) in [6.07, 6.45) is 1.22. The number of nitro benzene ring substituents is 1. The molecular weight excluding hydrogens is 418 g/mol. The molecule has 0 saturated carbocycles. The first-order valence-corrected chi connectivity index (χ1v) is 9.28. The second-order valence-electron chi connectivity index (χ2n) is 6.64. The zero-order valence-corrected chi connectivity index (χ0v) is 16.6. The molecule has 3 aromatic rings. The van der Waals surface area contributed by atoms with Gasteiger partial charge >= 0.3 is 6.03 Å². The summed E-state index contributed by atoms with van der Waals surface area (Å²) in [4.78, 5) is 48.7. The van der Waals surface area contributed by atoms with Gasteiger partial charge in [0.05, 0.1) is 29.4 Å². The highest BCUT2D eigenvalue weighted by atomic mass is 16.6. The summed E-state index contributed by atoms with van der Waals surface area (Å²) >= 11 is 0. The maximum absolute atomic E-state index is 12.9. The molecule has 2 aromatic carbocycles. The second kappa shape index (κ2) is 8.19. The summed E-state index contributed by atoms with van der Waals surface area (Å²) in [6.45, 7) is 0. The number of barbiturate groups is 1. The van der Waals surface area contributed by atoms with Crippen LogP contribution < -0.4 is 15.0 Å². The van der Waals surface area contributed by atoms with Crippen LogP contribution in [-0.4, -0.2) is 29.9 Å². The average Bonchev–Trinajstić information content (AvgIpc) is 3.25. The summed E-state index contributed by atoms with van der Waals surface area (Å²) in [5, 5.41) is 13.1. The standard InChI is InChI=1S/C22H15N3O7/c1-31-19-11-14(25(29)30)7-9-16(19)18-10-8-15(32-18)12-17-20(26)23-22(28)24(21(17)27)13-5-3-2-4-6-13/h2-12H,1H3,(H,23,26,28)/b17-12-. The Hall–Kier alpha value is -4.73. The Morgan fingerprint density at radius 1 is 1.06 bits per heavy atom. The number of imide groups is 2. The summed E-state index contributed by atoms with van der Waals surface area (Å²) in [5.41, 5.74) is 0.326. The number of furan rings is 1. The minimum Gasteiger partial charge on any atom is -0.496 e. The molecule has 2 heterocycles. The van der Waals surface area contributed by atoms with E-state index in [2.05, 4.69) is 5.32 Å². The molecule has 1 saturated heterocycles. The van der Waals surface area contributed by atoms with Crippen LogP contribution in [0.15, 0.2) is 70.7 Å². The Morgan fingerprint density at radius 2 is 1.81 bits per heavy atom. The quantitative estimate of drug-likeness (QED) is 0.282. The van der Waals surface area contributed by atoms with E-state index in [0.29, 0.717) is 17.0 Å². The van der Waals surface area contributed by atoms with Gasteiger partial charge in [-0.2, -0.15) is 0 Å². The number of para-hydroxylation sites is 1. The normalized spacial score (nSPS) is 15.1. The topological polar surface area (TPSA) is 132 Å². The highest BCUT2D eigenvalue weighted by Crippen LogP contribution is 2.34. The Balaban J connectivity index is 1.68. The first kappa shape index (κ1) is 20.5. The molecule has 4 rings (SSSR count). The molecule has 4 amide bonds. The first-order valence-electron chi connectivity index (χ1n) is 9.28. The van der Waals surface area contributed by atoms with Gasteiger partial charge < -0.3 is 9.15 Å². The molecule has 0 radical (unpaired) electrons. The summed E-state index contributed by atoms with van der Waals surface area (Å²) < 4.78 is 10.9. The molecule has 10 heteroatoms. The number of ether oxygens (including phenoxy) is 1. The molecule has 1 aliphatic heterocycles. The van der Waals surface area contributed by atoms with Gasteiger partial charge in [-0.3, -0.25) is 25.0 Å². The van der Waals surface area contributed by atoms with Crippen molar-refractivity contribution in [2.45, 2.75) is 0 Å². The van der Waals surface area contributed by atoms with Gasteiger partial charge in [0.1, 0.15) is 22.8 Å². The number of nitrogens with one attached hydrogen (secondary N) is 1. The van der Waals surface area contributed by atoms with E-state index in [-0.39, 0.29) is 22.8 Å². The lowest BCUT2D eigenvalue weighted by atomic mass is 10.1. The average molecular weight is 433 g/mol. The predicted molar refractivity (Wildman–Crippen MR) is 113 cm³/mol. The molecule has 0 spiro atoms. The van der Waals surface area contributed by atoms with Gasteiger partial charge in [-0.25, -0.2) is 9.69 Å². The van der Waals surface area contributed by atoms with Gasteiger partial charge in [0.2, 0.25) is 0 Å². The Morgan fingerprint density at radius 3 is 2.50 bits per heavy atom. The SMILES string of the molecule is COc1cc([N+](=O)[O-])ccc1-c1ccc(/C=C2/C(=O)NC(=O)N(c3ccccc3)C2=O)o1. The maximum atomic E-state index is 12.9. The fourth-order valence-electron chi connectivity index (χ4n) is 3.18. The van der Waals surface area contributed by atoms with Crippen molar-refractivity contribution in [2.24, 2.45) is 0 Å². The summed E-state index contributed by atoms with van der Waals surface area (Å²) in [5.74, 6) is -0.946. The third-order valence-electron chi connectivity index (χ3n) is 4.69. The van der Waals surface area contributed by atoms with Crippen LogP contribution in [0.4, 0.5) is 16.2 Å².